The molecule has 0 aromatic rings. The van der Waals surface area contributed by atoms with E-state index in [4.69, 9.17) is 18.4 Å². The molecule has 194 valence electrons. The Morgan fingerprint density at radius 3 is 2.71 bits per heavy atom. The summed E-state index contributed by atoms with van der Waals surface area (Å²) >= 11 is 0.936. The van der Waals surface area contributed by atoms with Crippen molar-refractivity contribution in [2.24, 2.45) is 34.0 Å². The van der Waals surface area contributed by atoms with Crippen LogP contribution in [-0.2, 0) is 14.3 Å². The maximum absolute atomic E-state index is 13.5. The number of ketones is 1. The van der Waals surface area contributed by atoms with E-state index in [0.29, 0.717) is 12.8 Å². The summed E-state index contributed by atoms with van der Waals surface area (Å²) in [6.45, 7) is -1.90. The van der Waals surface area contributed by atoms with Crippen LogP contribution in [0.15, 0.2) is 12.7 Å². The van der Waals surface area contributed by atoms with Crippen LogP contribution in [0.3, 0.4) is 0 Å². The molecule has 1 N–H and O–H groups in total. The van der Waals surface area contributed by atoms with Crippen molar-refractivity contribution in [3.63, 3.8) is 0 Å². The quantitative estimate of drug-likeness (QED) is 0.272. The van der Waals surface area contributed by atoms with Gasteiger partial charge in [0.15, 0.2) is 0 Å². The van der Waals surface area contributed by atoms with E-state index in [-0.39, 0.29) is 46.4 Å². The summed E-state index contributed by atoms with van der Waals surface area (Å²) in [5.74, 6) is -1.43. The van der Waals surface area contributed by atoms with Crippen LogP contribution in [0, 0.1) is 34.0 Å². The fourth-order valence-electron chi connectivity index (χ4n) is 7.15. The number of ether oxygens (including phenoxy) is 1. The van der Waals surface area contributed by atoms with Gasteiger partial charge in [-0.2, -0.15) is 0 Å². The molecular formula is C28H47NO4S. The van der Waals surface area contributed by atoms with Crippen LogP contribution < -0.4 is 0 Å². The Balaban J connectivity index is 1.84. The van der Waals surface area contributed by atoms with Crippen molar-refractivity contribution in [3.05, 3.63) is 12.7 Å². The molecular weight excluding hydrogens is 446 g/mol. The second kappa shape index (κ2) is 10.6. The zero-order valence-corrected chi connectivity index (χ0v) is 21.7. The van der Waals surface area contributed by atoms with Gasteiger partial charge in [0.2, 0.25) is 0 Å². The number of carbonyl (C=O) groups is 2. The molecule has 0 aliphatic heterocycles. The number of nitrogens with zero attached hydrogens (tertiary/aromatic N) is 1. The Labute approximate surface area is 225 Å². The molecule has 3 saturated carbocycles. The number of esters is 1. The number of aliphatic hydroxyl groups is 1. The Morgan fingerprint density at radius 1 is 1.35 bits per heavy atom. The van der Waals surface area contributed by atoms with Crippen LogP contribution in [-0.4, -0.2) is 65.0 Å². The van der Waals surface area contributed by atoms with E-state index in [0.717, 1.165) is 24.6 Å². The van der Waals surface area contributed by atoms with Crippen molar-refractivity contribution in [2.75, 3.05) is 31.0 Å². The second-order valence-electron chi connectivity index (χ2n) is 11.0. The van der Waals surface area contributed by atoms with Crippen LogP contribution in [0.1, 0.15) is 87.2 Å². The molecule has 0 heterocycles. The van der Waals surface area contributed by atoms with E-state index in [1.54, 1.807) is 6.08 Å². The first-order chi connectivity index (χ1) is 19.8. The van der Waals surface area contributed by atoms with Crippen LogP contribution >= 0.6 is 11.8 Å². The molecule has 3 aliphatic rings. The molecule has 8 atom stereocenters. The molecule has 2 bridgehead atoms. The molecule has 0 aromatic heterocycles. The number of aliphatic hydroxyl groups excluding tert-OH is 1. The Hall–Kier alpha value is -0.850. The van der Waals surface area contributed by atoms with E-state index < -0.39 is 67.7 Å². The maximum Gasteiger partial charge on any atom is 0.316 e. The van der Waals surface area contributed by atoms with E-state index in [2.05, 4.69) is 13.5 Å². The molecule has 34 heavy (non-hydrogen) atoms. The predicted octanol–water partition coefficient (Wildman–Crippen LogP) is 4.97. The fraction of sp³-hybridized carbons (Fsp3) is 0.857. The highest BCUT2D eigenvalue weighted by Gasteiger charge is 2.68. The topological polar surface area (TPSA) is 66.8 Å². The summed E-state index contributed by atoms with van der Waals surface area (Å²) in [6, 6.07) is 0. The molecule has 0 saturated heterocycles. The smallest absolute Gasteiger partial charge is 0.316 e. The largest absolute Gasteiger partial charge is 0.461 e. The third-order valence-corrected chi connectivity index (χ3v) is 10.4. The predicted molar refractivity (Wildman–Crippen MR) is 140 cm³/mol. The van der Waals surface area contributed by atoms with Gasteiger partial charge in [0, 0.05) is 49.2 Å². The summed E-state index contributed by atoms with van der Waals surface area (Å²) < 4.78 is 83.6. The van der Waals surface area contributed by atoms with Crippen LogP contribution in [0.2, 0.25) is 0 Å². The minimum absolute atomic E-state index is 0.0439. The summed E-state index contributed by atoms with van der Waals surface area (Å²) in [7, 11) is 0. The molecule has 0 radical (unpaired) electrons. The lowest BCUT2D eigenvalue weighted by atomic mass is 9.44. The molecule has 3 rings (SSSR count). The molecule has 0 amide bonds. The van der Waals surface area contributed by atoms with Crippen LogP contribution in [0.4, 0.5) is 0 Å². The normalized spacial score (nSPS) is 48.1. The second-order valence-corrected chi connectivity index (χ2v) is 12.1. The number of Topliss-reactive ketones (excluding diaryl/α,β-unsaturated/α-hetero) is 1. The van der Waals surface area contributed by atoms with Gasteiger partial charge < -0.3 is 14.7 Å². The summed E-state index contributed by atoms with van der Waals surface area (Å²) in [4.78, 5) is 27.0. The average molecular weight is 504 g/mol. The van der Waals surface area contributed by atoms with E-state index in [9.17, 15) is 14.7 Å². The van der Waals surface area contributed by atoms with Gasteiger partial charge in [0.05, 0.1) is 11.9 Å². The number of rotatable bonds is 9. The van der Waals surface area contributed by atoms with E-state index in [1.165, 1.54) is 0 Å². The lowest BCUT2D eigenvalue weighted by molar-refractivity contribution is -0.205. The Bertz CT molecular complexity index is 1090. The average Bonchev–Trinajstić information content (AvgIpc) is 3.25. The lowest BCUT2D eigenvalue weighted by Crippen LogP contribution is -2.63. The molecule has 0 spiro atoms. The standard InChI is InChI=1S/C28H47NO4S/c1-8-26(6)17-22(33-23(31)18-34-16-15-29(9-2)10-3)27(7)19(4)11-13-28(20(5)25(26)32)14-12-21(30)24(27)28/h8,19-20,22,24-25,32H,1,9-18H2,2-7H3/t19-,20-,22+,24-,25-,26+,27-,28+/m0/s1/i2D3,3D3,9D2,10D2. The molecule has 6 heteroatoms. The van der Waals surface area contributed by atoms with Gasteiger partial charge in [0.1, 0.15) is 11.9 Å². The van der Waals surface area contributed by atoms with E-state index in [1.807, 2.05) is 20.8 Å². The Morgan fingerprint density at radius 2 is 2.06 bits per heavy atom. The van der Waals surface area contributed by atoms with Crippen molar-refractivity contribution < 1.29 is 33.1 Å². The monoisotopic (exact) mass is 503 g/mol. The number of hydrogen-bond acceptors (Lipinski definition) is 6. The minimum Gasteiger partial charge on any atom is -0.461 e. The number of thioether (sulfide) groups is 1. The minimum atomic E-state index is -3.34. The SMILES string of the molecule is [2H]C([2H])([2H])C([2H])([2H])N(CCSCC(=O)O[C@@H]1C[C@@](C)(C=C)[C@@H](O)[C@H](C)[C@@]23CCC(=O)[C@H]2[C@@]1(C)[C@@H](C)CC3)C([2H])([2H])C([2H])([2H])[2H]. The first-order valence-corrected chi connectivity index (χ1v) is 13.4. The summed E-state index contributed by atoms with van der Waals surface area (Å²) in [5.41, 5.74) is -1.93. The first-order valence-electron chi connectivity index (χ1n) is 17.2. The van der Waals surface area contributed by atoms with Crippen molar-refractivity contribution in [1.29, 1.82) is 0 Å². The highest BCUT2D eigenvalue weighted by Crippen LogP contribution is 2.67. The van der Waals surface area contributed by atoms with Gasteiger partial charge >= 0.3 is 5.97 Å². The zero-order valence-electron chi connectivity index (χ0n) is 30.9. The van der Waals surface area contributed by atoms with Crippen molar-refractivity contribution in [1.82, 2.24) is 4.90 Å². The van der Waals surface area contributed by atoms with Crippen molar-refractivity contribution in [2.45, 2.75) is 85.7 Å². The maximum atomic E-state index is 13.5. The highest BCUT2D eigenvalue weighted by molar-refractivity contribution is 7.99. The molecule has 0 unspecified atom stereocenters. The van der Waals surface area contributed by atoms with E-state index >= 15 is 0 Å². The van der Waals surface area contributed by atoms with Crippen LogP contribution in [0.5, 0.6) is 0 Å². The Kier molecular flexibility index (Phi) is 5.26. The third kappa shape index (κ3) is 4.64. The molecule has 0 aromatic carbocycles. The molecule has 5 nitrogen and oxygen atoms in total. The molecule has 3 fully saturated rings. The van der Waals surface area contributed by atoms with Gasteiger partial charge in [-0.3, -0.25) is 9.59 Å². The van der Waals surface area contributed by atoms with Crippen molar-refractivity contribution >= 4 is 23.5 Å². The zero-order chi connectivity index (χ0) is 33.9. The van der Waals surface area contributed by atoms with Gasteiger partial charge in [-0.05, 0) is 55.9 Å². The van der Waals surface area contributed by atoms with Gasteiger partial charge in [-0.25, -0.2) is 0 Å². The van der Waals surface area contributed by atoms with Crippen molar-refractivity contribution in [3.8, 4) is 0 Å². The third-order valence-electron chi connectivity index (χ3n) is 9.52. The highest BCUT2D eigenvalue weighted by atomic mass is 32.2. The van der Waals surface area contributed by atoms with Gasteiger partial charge in [0.25, 0.3) is 0 Å². The van der Waals surface area contributed by atoms with Gasteiger partial charge in [-0.1, -0.05) is 47.5 Å². The van der Waals surface area contributed by atoms with Gasteiger partial charge in [-0.15, -0.1) is 18.3 Å². The first kappa shape index (κ1) is 16.8. The summed E-state index contributed by atoms with van der Waals surface area (Å²) in [6.07, 6.45) is 3.12. The number of hydrogen-bond donors (Lipinski definition) is 1. The molecule has 3 aliphatic carbocycles. The lowest BCUT2D eigenvalue weighted by Gasteiger charge is -2.61. The van der Waals surface area contributed by atoms with Crippen LogP contribution in [0.25, 0.3) is 0 Å². The fourth-order valence-corrected chi connectivity index (χ4v) is 7.84. The number of carbonyl (C=O) groups excluding carboxylic acids is 2. The summed E-state index contributed by atoms with van der Waals surface area (Å²) in [5, 5.41) is 11.6.